The van der Waals surface area contributed by atoms with Gasteiger partial charge in [0.05, 0.1) is 17.6 Å². The molecule has 8 nitrogen and oxygen atoms in total. The molecule has 0 bridgehead atoms. The number of hydrogen-bond donors (Lipinski definition) is 2. The molecular weight excluding hydrogens is 266 g/mol. The minimum atomic E-state index is -1.37. The number of hydrogen-bond acceptors (Lipinski definition) is 6. The molecule has 0 radical (unpaired) electrons. The Kier molecular flexibility index (Phi) is 3.84. The number of nitrogens with zero attached hydrogens (tertiary/aromatic N) is 3. The normalized spacial score (nSPS) is 22.0. The average molecular weight is 281 g/mol. The highest BCUT2D eigenvalue weighted by Crippen LogP contribution is 2.30. The Hall–Kier alpha value is -2.22. The molecule has 20 heavy (non-hydrogen) atoms. The Morgan fingerprint density at radius 1 is 1.65 bits per heavy atom. The average Bonchev–Trinajstić information content (AvgIpc) is 2.78. The summed E-state index contributed by atoms with van der Waals surface area (Å²) in [7, 11) is 0. The Labute approximate surface area is 114 Å². The van der Waals surface area contributed by atoms with Crippen LogP contribution < -0.4 is 4.90 Å². The molecule has 1 aliphatic heterocycles. The van der Waals surface area contributed by atoms with Crippen LogP contribution >= 0.6 is 0 Å². The van der Waals surface area contributed by atoms with E-state index in [1.165, 1.54) is 6.07 Å². The molecule has 1 fully saturated rings. The quantitative estimate of drug-likeness (QED) is 0.621. The highest BCUT2D eigenvalue weighted by molar-refractivity contribution is 5.93. The zero-order chi connectivity index (χ0) is 14.9. The van der Waals surface area contributed by atoms with Crippen molar-refractivity contribution in [2.75, 3.05) is 18.1 Å². The van der Waals surface area contributed by atoms with Gasteiger partial charge in [0.2, 0.25) is 0 Å². The SMILES string of the molecule is CC1CCN(c2cc(C(=O)O)c([N+](=O)[O-])cn2)C1CO. The number of aromatic nitrogens is 1. The van der Waals surface area contributed by atoms with Crippen LogP contribution in [0.15, 0.2) is 12.3 Å². The van der Waals surface area contributed by atoms with Crippen LogP contribution in [0.2, 0.25) is 0 Å². The van der Waals surface area contributed by atoms with E-state index in [0.717, 1.165) is 12.6 Å². The van der Waals surface area contributed by atoms with E-state index in [1.54, 1.807) is 4.90 Å². The number of aromatic carboxylic acids is 1. The van der Waals surface area contributed by atoms with Gasteiger partial charge >= 0.3 is 11.7 Å². The number of pyridine rings is 1. The van der Waals surface area contributed by atoms with E-state index < -0.39 is 22.1 Å². The van der Waals surface area contributed by atoms with Gasteiger partial charge < -0.3 is 15.1 Å². The van der Waals surface area contributed by atoms with E-state index >= 15 is 0 Å². The molecule has 2 rings (SSSR count). The summed E-state index contributed by atoms with van der Waals surface area (Å²) in [5, 5.41) is 29.2. The topological polar surface area (TPSA) is 117 Å². The fourth-order valence-corrected chi connectivity index (χ4v) is 2.48. The highest BCUT2D eigenvalue weighted by Gasteiger charge is 2.33. The van der Waals surface area contributed by atoms with Gasteiger partial charge in [-0.3, -0.25) is 10.1 Å². The highest BCUT2D eigenvalue weighted by atomic mass is 16.6. The van der Waals surface area contributed by atoms with E-state index in [2.05, 4.69) is 4.98 Å². The van der Waals surface area contributed by atoms with E-state index in [4.69, 9.17) is 5.11 Å². The minimum absolute atomic E-state index is 0.0672. The molecule has 2 heterocycles. The van der Waals surface area contributed by atoms with Gasteiger partial charge in [-0.25, -0.2) is 9.78 Å². The lowest BCUT2D eigenvalue weighted by atomic mass is 10.0. The maximum atomic E-state index is 11.1. The molecule has 1 aliphatic rings. The largest absolute Gasteiger partial charge is 0.477 e. The fraction of sp³-hybridized carbons (Fsp3) is 0.500. The van der Waals surface area contributed by atoms with Crippen molar-refractivity contribution >= 4 is 17.5 Å². The number of carboxylic acids is 1. The lowest BCUT2D eigenvalue weighted by molar-refractivity contribution is -0.385. The van der Waals surface area contributed by atoms with Crippen LogP contribution in [-0.4, -0.2) is 45.3 Å². The molecule has 0 spiro atoms. The number of aliphatic hydroxyl groups excluding tert-OH is 1. The molecular formula is C12H15N3O5. The summed E-state index contributed by atoms with van der Waals surface area (Å²) in [6.45, 7) is 2.56. The first kappa shape index (κ1) is 14.2. The zero-order valence-corrected chi connectivity index (χ0v) is 10.9. The number of anilines is 1. The van der Waals surface area contributed by atoms with Gasteiger partial charge in [0.1, 0.15) is 17.6 Å². The summed E-state index contributed by atoms with van der Waals surface area (Å²) in [6.07, 6.45) is 1.81. The Balaban J connectivity index is 2.41. The first-order valence-electron chi connectivity index (χ1n) is 6.21. The van der Waals surface area contributed by atoms with Gasteiger partial charge in [-0.1, -0.05) is 6.92 Å². The number of carbonyl (C=O) groups is 1. The molecule has 8 heteroatoms. The van der Waals surface area contributed by atoms with Crippen molar-refractivity contribution in [1.82, 2.24) is 4.98 Å². The summed E-state index contributed by atoms with van der Waals surface area (Å²) in [6, 6.07) is 1.05. The van der Waals surface area contributed by atoms with E-state index in [9.17, 15) is 20.0 Å². The molecule has 0 aliphatic carbocycles. The van der Waals surface area contributed by atoms with Gasteiger partial charge in [0, 0.05) is 12.6 Å². The smallest absolute Gasteiger partial charge is 0.342 e. The second-order valence-electron chi connectivity index (χ2n) is 4.83. The zero-order valence-electron chi connectivity index (χ0n) is 10.9. The molecule has 108 valence electrons. The second kappa shape index (κ2) is 5.41. The molecule has 2 N–H and O–H groups in total. The molecule has 0 aromatic carbocycles. The van der Waals surface area contributed by atoms with Crippen molar-refractivity contribution in [1.29, 1.82) is 0 Å². The van der Waals surface area contributed by atoms with Gasteiger partial charge in [-0.15, -0.1) is 0 Å². The van der Waals surface area contributed by atoms with E-state index in [-0.39, 0.29) is 18.6 Å². The van der Waals surface area contributed by atoms with Crippen molar-refractivity contribution in [2.45, 2.75) is 19.4 Å². The van der Waals surface area contributed by atoms with Crippen LogP contribution in [0.4, 0.5) is 11.5 Å². The van der Waals surface area contributed by atoms with Gasteiger partial charge in [-0.2, -0.15) is 0 Å². The fourth-order valence-electron chi connectivity index (χ4n) is 2.48. The molecule has 2 unspecified atom stereocenters. The van der Waals surface area contributed by atoms with Crippen molar-refractivity contribution in [3.05, 3.63) is 27.9 Å². The maximum Gasteiger partial charge on any atom is 0.342 e. The van der Waals surface area contributed by atoms with Crippen LogP contribution in [-0.2, 0) is 0 Å². The number of nitro groups is 1. The van der Waals surface area contributed by atoms with Crippen LogP contribution in [0.1, 0.15) is 23.7 Å². The molecule has 0 saturated carbocycles. The Morgan fingerprint density at radius 3 is 2.90 bits per heavy atom. The molecule has 1 saturated heterocycles. The third kappa shape index (κ3) is 2.42. The number of rotatable bonds is 4. The third-order valence-corrected chi connectivity index (χ3v) is 3.66. The number of aliphatic hydroxyl groups is 1. The standard InChI is InChI=1S/C12H15N3O5/c1-7-2-3-14(10(7)6-16)11-4-8(12(17)18)9(5-13-11)15(19)20/h4-5,7,10,16H,2-3,6H2,1H3,(H,17,18). The van der Waals surface area contributed by atoms with Gasteiger partial charge in [-0.05, 0) is 12.3 Å². The first-order chi connectivity index (χ1) is 9.45. The molecule has 1 aromatic heterocycles. The predicted octanol–water partition coefficient (Wildman–Crippen LogP) is 0.895. The number of carboxylic acid groups (broad SMARTS) is 1. The second-order valence-corrected chi connectivity index (χ2v) is 4.83. The monoisotopic (exact) mass is 281 g/mol. The summed E-state index contributed by atoms with van der Waals surface area (Å²) < 4.78 is 0. The summed E-state index contributed by atoms with van der Waals surface area (Å²) in [4.78, 5) is 26.9. The lowest BCUT2D eigenvalue weighted by Crippen LogP contribution is -2.35. The van der Waals surface area contributed by atoms with E-state index in [1.807, 2.05) is 6.92 Å². The Bertz CT molecular complexity index is 548. The summed E-state index contributed by atoms with van der Waals surface area (Å²) in [5.74, 6) is -0.769. The van der Waals surface area contributed by atoms with Crippen molar-refractivity contribution in [3.63, 3.8) is 0 Å². The van der Waals surface area contributed by atoms with Crippen molar-refractivity contribution in [3.8, 4) is 0 Å². The summed E-state index contributed by atoms with van der Waals surface area (Å²) >= 11 is 0. The molecule has 0 amide bonds. The summed E-state index contributed by atoms with van der Waals surface area (Å²) in [5.41, 5.74) is -0.926. The van der Waals surface area contributed by atoms with Crippen LogP contribution in [0, 0.1) is 16.0 Å². The van der Waals surface area contributed by atoms with Crippen LogP contribution in [0.3, 0.4) is 0 Å². The lowest BCUT2D eigenvalue weighted by Gasteiger charge is -2.26. The maximum absolute atomic E-state index is 11.1. The minimum Gasteiger partial charge on any atom is -0.477 e. The van der Waals surface area contributed by atoms with E-state index in [0.29, 0.717) is 12.4 Å². The van der Waals surface area contributed by atoms with Gasteiger partial charge in [0.15, 0.2) is 0 Å². The third-order valence-electron chi connectivity index (χ3n) is 3.66. The first-order valence-corrected chi connectivity index (χ1v) is 6.21. The van der Waals surface area contributed by atoms with Crippen molar-refractivity contribution in [2.24, 2.45) is 5.92 Å². The predicted molar refractivity (Wildman–Crippen MR) is 69.9 cm³/mol. The molecule has 1 aromatic rings. The van der Waals surface area contributed by atoms with Crippen molar-refractivity contribution < 1.29 is 19.9 Å². The Morgan fingerprint density at radius 2 is 2.35 bits per heavy atom. The van der Waals surface area contributed by atoms with Crippen LogP contribution in [0.5, 0.6) is 0 Å². The van der Waals surface area contributed by atoms with Gasteiger partial charge in [0.25, 0.3) is 0 Å². The van der Waals surface area contributed by atoms with Crippen LogP contribution in [0.25, 0.3) is 0 Å². The molecule has 2 atom stereocenters.